The Morgan fingerprint density at radius 2 is 1.89 bits per heavy atom. The lowest BCUT2D eigenvalue weighted by atomic mass is 9.83. The zero-order valence-electron chi connectivity index (χ0n) is 18.6. The maximum atomic E-state index is 14.1. The van der Waals surface area contributed by atoms with Gasteiger partial charge in [-0.05, 0) is 36.8 Å². The Kier molecular flexibility index (Phi) is 6.01. The number of allylic oxidation sites excluding steroid dienone is 1. The summed E-state index contributed by atoms with van der Waals surface area (Å²) in [5, 5.41) is 10.1. The summed E-state index contributed by atoms with van der Waals surface area (Å²) in [7, 11) is 0. The number of rotatable bonds is 6. The van der Waals surface area contributed by atoms with Crippen molar-refractivity contribution in [1.29, 1.82) is 5.26 Å². The summed E-state index contributed by atoms with van der Waals surface area (Å²) in [5.74, 6) is 1.15. The molecule has 0 aliphatic carbocycles. The highest BCUT2D eigenvalue weighted by Crippen LogP contribution is 2.50. The molecular formula is C26H20ClFN2O5. The Labute approximate surface area is 206 Å². The van der Waals surface area contributed by atoms with Crippen molar-refractivity contribution in [3.8, 4) is 34.8 Å². The molecule has 0 bridgehead atoms. The lowest BCUT2D eigenvalue weighted by Crippen LogP contribution is -2.21. The zero-order chi connectivity index (χ0) is 24.5. The molecule has 2 heterocycles. The summed E-state index contributed by atoms with van der Waals surface area (Å²) in [6.45, 7) is 2.21. The Morgan fingerprint density at radius 1 is 1.11 bits per heavy atom. The second-order valence-electron chi connectivity index (χ2n) is 7.81. The highest BCUT2D eigenvalue weighted by atomic mass is 35.5. The molecule has 0 radical (unpaired) electrons. The first-order valence-corrected chi connectivity index (χ1v) is 11.2. The number of nitrogens with two attached hydrogens (primary N) is 1. The molecule has 0 aromatic heterocycles. The SMILES string of the molecule is CCOc1cc(C2C(C#N)=C(N)Oc3cc4c(cc32)OCO4)cc(Cl)c1OCc1ccccc1F. The van der Waals surface area contributed by atoms with Crippen molar-refractivity contribution in [3.05, 3.63) is 87.5 Å². The quantitative estimate of drug-likeness (QED) is 0.490. The van der Waals surface area contributed by atoms with E-state index in [9.17, 15) is 9.65 Å². The molecule has 2 N–H and O–H groups in total. The van der Waals surface area contributed by atoms with Crippen molar-refractivity contribution >= 4 is 11.6 Å². The van der Waals surface area contributed by atoms with E-state index in [-0.39, 0.29) is 41.4 Å². The molecule has 1 atom stereocenters. The minimum Gasteiger partial charge on any atom is -0.490 e. The molecule has 178 valence electrons. The van der Waals surface area contributed by atoms with Crippen molar-refractivity contribution < 1.29 is 28.1 Å². The second kappa shape index (κ2) is 9.28. The van der Waals surface area contributed by atoms with Crippen molar-refractivity contribution in [1.82, 2.24) is 0 Å². The Balaban J connectivity index is 1.58. The summed E-state index contributed by atoms with van der Waals surface area (Å²) < 4.78 is 42.5. The number of hydrogen-bond donors (Lipinski definition) is 1. The summed E-state index contributed by atoms with van der Waals surface area (Å²) in [5.41, 5.74) is 8.01. The largest absolute Gasteiger partial charge is 0.490 e. The average molecular weight is 495 g/mol. The van der Waals surface area contributed by atoms with Gasteiger partial charge >= 0.3 is 0 Å². The van der Waals surface area contributed by atoms with Gasteiger partial charge in [-0.2, -0.15) is 5.26 Å². The monoisotopic (exact) mass is 494 g/mol. The van der Waals surface area contributed by atoms with Crippen LogP contribution >= 0.6 is 11.6 Å². The van der Waals surface area contributed by atoms with E-state index in [0.29, 0.717) is 46.3 Å². The molecule has 3 aromatic rings. The number of nitrogens with zero attached hydrogens (tertiary/aromatic N) is 1. The first-order chi connectivity index (χ1) is 17.0. The molecule has 0 saturated carbocycles. The lowest BCUT2D eigenvalue weighted by molar-refractivity contribution is 0.174. The van der Waals surface area contributed by atoms with Crippen molar-refractivity contribution in [3.63, 3.8) is 0 Å². The molecule has 0 saturated heterocycles. The zero-order valence-corrected chi connectivity index (χ0v) is 19.4. The van der Waals surface area contributed by atoms with Gasteiger partial charge in [-0.3, -0.25) is 0 Å². The predicted octanol–water partition coefficient (Wildman–Crippen LogP) is 5.40. The van der Waals surface area contributed by atoms with Crippen LogP contribution in [0.2, 0.25) is 5.02 Å². The van der Waals surface area contributed by atoms with Crippen molar-refractivity contribution in [2.45, 2.75) is 19.4 Å². The normalized spacial score (nSPS) is 15.8. The number of benzene rings is 3. The van der Waals surface area contributed by atoms with Gasteiger partial charge in [-0.1, -0.05) is 29.8 Å². The van der Waals surface area contributed by atoms with Crippen LogP contribution in [-0.4, -0.2) is 13.4 Å². The molecule has 1 unspecified atom stereocenters. The van der Waals surface area contributed by atoms with Crippen LogP contribution in [0.1, 0.15) is 29.5 Å². The van der Waals surface area contributed by atoms with Gasteiger partial charge < -0.3 is 29.4 Å². The van der Waals surface area contributed by atoms with Gasteiger partial charge in [0.15, 0.2) is 23.0 Å². The third-order valence-corrected chi connectivity index (χ3v) is 5.99. The smallest absolute Gasteiger partial charge is 0.231 e. The van der Waals surface area contributed by atoms with Crippen LogP contribution in [0.5, 0.6) is 28.7 Å². The van der Waals surface area contributed by atoms with E-state index in [1.165, 1.54) is 6.07 Å². The van der Waals surface area contributed by atoms with Crippen LogP contribution in [0.4, 0.5) is 4.39 Å². The van der Waals surface area contributed by atoms with E-state index < -0.39 is 5.92 Å². The van der Waals surface area contributed by atoms with Crippen LogP contribution in [0.3, 0.4) is 0 Å². The first kappa shape index (κ1) is 22.7. The standard InChI is InChI=1S/C26H20ClFN2O5/c1-2-31-23-8-15(7-18(27)25(23)32-12-14-5-3-4-6-19(14)28)24-16-9-21-22(34-13-33-21)10-20(16)35-26(30)17(24)11-29/h3-10,24H,2,12-13,30H2,1H3. The third kappa shape index (κ3) is 4.15. The van der Waals surface area contributed by atoms with Gasteiger partial charge in [0.1, 0.15) is 29.8 Å². The van der Waals surface area contributed by atoms with Crippen LogP contribution in [0, 0.1) is 17.1 Å². The van der Waals surface area contributed by atoms with Gasteiger partial charge in [-0.25, -0.2) is 4.39 Å². The van der Waals surface area contributed by atoms with E-state index >= 15 is 0 Å². The Bertz CT molecular complexity index is 1380. The highest BCUT2D eigenvalue weighted by Gasteiger charge is 2.34. The molecule has 35 heavy (non-hydrogen) atoms. The van der Waals surface area contributed by atoms with E-state index in [1.54, 1.807) is 42.5 Å². The molecule has 2 aliphatic rings. The molecular weight excluding hydrogens is 475 g/mol. The second-order valence-corrected chi connectivity index (χ2v) is 8.22. The molecule has 9 heteroatoms. The maximum Gasteiger partial charge on any atom is 0.231 e. The van der Waals surface area contributed by atoms with Gasteiger partial charge in [0.25, 0.3) is 0 Å². The fourth-order valence-corrected chi connectivity index (χ4v) is 4.39. The molecule has 7 nitrogen and oxygen atoms in total. The van der Waals surface area contributed by atoms with Gasteiger partial charge in [0, 0.05) is 17.2 Å². The number of ether oxygens (including phenoxy) is 5. The van der Waals surface area contributed by atoms with Crippen LogP contribution in [0.15, 0.2) is 60.0 Å². The minimum atomic E-state index is -0.601. The topological polar surface area (TPSA) is 96.0 Å². The van der Waals surface area contributed by atoms with E-state index in [1.807, 2.05) is 6.92 Å². The van der Waals surface area contributed by atoms with Crippen molar-refractivity contribution in [2.75, 3.05) is 13.4 Å². The molecule has 0 spiro atoms. The van der Waals surface area contributed by atoms with E-state index in [2.05, 4.69) is 6.07 Å². The number of hydrogen-bond acceptors (Lipinski definition) is 7. The van der Waals surface area contributed by atoms with Crippen LogP contribution in [0.25, 0.3) is 0 Å². The van der Waals surface area contributed by atoms with E-state index in [4.69, 9.17) is 41.0 Å². The number of halogens is 2. The molecule has 0 amide bonds. The fraction of sp³-hybridized carbons (Fsp3) is 0.192. The average Bonchev–Trinajstić information content (AvgIpc) is 3.30. The summed E-state index contributed by atoms with van der Waals surface area (Å²) >= 11 is 6.64. The highest BCUT2D eigenvalue weighted by molar-refractivity contribution is 6.32. The summed E-state index contributed by atoms with van der Waals surface area (Å²) in [6, 6.07) is 15.3. The fourth-order valence-electron chi connectivity index (χ4n) is 4.11. The summed E-state index contributed by atoms with van der Waals surface area (Å²) in [6.07, 6.45) is 0. The first-order valence-electron chi connectivity index (χ1n) is 10.8. The number of nitriles is 1. The van der Waals surface area contributed by atoms with Crippen molar-refractivity contribution in [2.24, 2.45) is 5.73 Å². The molecule has 5 rings (SSSR count). The summed E-state index contributed by atoms with van der Waals surface area (Å²) in [4.78, 5) is 0. The van der Waals surface area contributed by atoms with Gasteiger partial charge in [0.05, 0.1) is 17.5 Å². The Hall–Kier alpha value is -4.09. The molecule has 3 aromatic carbocycles. The molecule has 0 fully saturated rings. The van der Waals surface area contributed by atoms with E-state index in [0.717, 1.165) is 0 Å². The van der Waals surface area contributed by atoms with Gasteiger partial charge in [0.2, 0.25) is 12.7 Å². The van der Waals surface area contributed by atoms with Crippen LogP contribution in [-0.2, 0) is 6.61 Å². The predicted molar refractivity (Wildman–Crippen MR) is 125 cm³/mol. The Morgan fingerprint density at radius 3 is 2.63 bits per heavy atom. The minimum absolute atomic E-state index is 0.0159. The molecule has 2 aliphatic heterocycles. The maximum absolute atomic E-state index is 14.1. The van der Waals surface area contributed by atoms with Gasteiger partial charge in [-0.15, -0.1) is 0 Å². The number of fused-ring (bicyclic) bond motifs is 2. The van der Waals surface area contributed by atoms with Crippen LogP contribution < -0.4 is 29.4 Å². The lowest BCUT2D eigenvalue weighted by Gasteiger charge is -2.27. The third-order valence-electron chi connectivity index (χ3n) is 5.71.